The van der Waals surface area contributed by atoms with Gasteiger partial charge in [-0.05, 0) is 37.3 Å². The monoisotopic (exact) mass is 335 g/mol. The molecule has 6 heteroatoms. The van der Waals surface area contributed by atoms with Crippen molar-refractivity contribution in [2.24, 2.45) is 4.99 Å². The second-order valence-electron chi connectivity index (χ2n) is 5.77. The fourth-order valence-electron chi connectivity index (χ4n) is 2.57. The first-order valence-electron chi connectivity index (χ1n) is 7.99. The molecule has 2 aromatic heterocycles. The van der Waals surface area contributed by atoms with Crippen LogP contribution in [-0.4, -0.2) is 29.3 Å². The van der Waals surface area contributed by atoms with Gasteiger partial charge in [-0.3, -0.25) is 9.98 Å². The lowest BCUT2D eigenvalue weighted by molar-refractivity contribution is 0.301. The van der Waals surface area contributed by atoms with Crippen molar-refractivity contribution in [2.75, 3.05) is 7.11 Å². The first-order valence-corrected chi connectivity index (χ1v) is 7.99. The van der Waals surface area contributed by atoms with E-state index in [1.165, 1.54) is 0 Å². The smallest absolute Gasteiger partial charge is 0.228 e. The van der Waals surface area contributed by atoms with Crippen LogP contribution < -0.4 is 9.47 Å². The van der Waals surface area contributed by atoms with Crippen molar-refractivity contribution in [2.45, 2.75) is 19.6 Å². The summed E-state index contributed by atoms with van der Waals surface area (Å²) in [6, 6.07) is 9.48. The van der Waals surface area contributed by atoms with Crippen molar-refractivity contribution in [3.63, 3.8) is 0 Å². The molecular formula is C19H17N3O3. The molecule has 0 saturated carbocycles. The van der Waals surface area contributed by atoms with E-state index in [1.54, 1.807) is 19.5 Å². The molecule has 3 aromatic rings. The molecule has 25 heavy (non-hydrogen) atoms. The molecule has 0 amide bonds. The number of aliphatic imine (C=N–C) groups is 1. The molecule has 1 aliphatic rings. The van der Waals surface area contributed by atoms with Gasteiger partial charge in [0.25, 0.3) is 0 Å². The summed E-state index contributed by atoms with van der Waals surface area (Å²) in [7, 11) is 1.61. The van der Waals surface area contributed by atoms with Crippen LogP contribution in [0.5, 0.6) is 11.5 Å². The van der Waals surface area contributed by atoms with Crippen molar-refractivity contribution in [1.82, 2.24) is 9.97 Å². The van der Waals surface area contributed by atoms with Crippen molar-refractivity contribution >= 4 is 22.9 Å². The minimum atomic E-state index is 0.168. The number of nitrogens with zero attached hydrogens (tertiary/aromatic N) is 3. The number of benzene rings is 1. The fourth-order valence-corrected chi connectivity index (χ4v) is 2.57. The number of methoxy groups -OCH3 is 1. The quantitative estimate of drug-likeness (QED) is 0.711. The minimum Gasteiger partial charge on any atom is -0.495 e. The lowest BCUT2D eigenvalue weighted by atomic mass is 10.2. The van der Waals surface area contributed by atoms with E-state index in [1.807, 2.05) is 43.3 Å². The van der Waals surface area contributed by atoms with Gasteiger partial charge in [-0.25, -0.2) is 4.98 Å². The fraction of sp³-hybridized carbons (Fsp3) is 0.211. The van der Waals surface area contributed by atoms with E-state index in [2.05, 4.69) is 15.0 Å². The molecule has 3 heterocycles. The molecule has 0 saturated heterocycles. The lowest BCUT2D eigenvalue weighted by Gasteiger charge is -2.06. The van der Waals surface area contributed by atoms with Crippen molar-refractivity contribution in [3.8, 4) is 11.5 Å². The molecule has 0 fully saturated rings. The SMILES string of the molecule is COc1ccc(COc2ccc3oc(C4=CC(C)N=C4)nc3c2)nc1. The van der Waals surface area contributed by atoms with Gasteiger partial charge >= 0.3 is 0 Å². The predicted molar refractivity (Wildman–Crippen MR) is 95.1 cm³/mol. The average molecular weight is 335 g/mol. The van der Waals surface area contributed by atoms with Gasteiger partial charge in [-0.15, -0.1) is 0 Å². The van der Waals surface area contributed by atoms with Crippen LogP contribution in [0.25, 0.3) is 16.7 Å². The molecule has 6 nitrogen and oxygen atoms in total. The molecule has 4 rings (SSSR count). The molecule has 0 N–H and O–H groups in total. The van der Waals surface area contributed by atoms with Crippen molar-refractivity contribution < 1.29 is 13.9 Å². The Balaban J connectivity index is 1.50. The third-order valence-electron chi connectivity index (χ3n) is 3.90. The minimum absolute atomic E-state index is 0.168. The number of allylic oxidation sites excluding steroid dienone is 1. The van der Waals surface area contributed by atoms with Gasteiger partial charge in [-0.2, -0.15) is 0 Å². The van der Waals surface area contributed by atoms with E-state index in [4.69, 9.17) is 13.9 Å². The van der Waals surface area contributed by atoms with Crippen LogP contribution in [0.3, 0.4) is 0 Å². The molecule has 1 unspecified atom stereocenters. The predicted octanol–water partition coefficient (Wildman–Crippen LogP) is 3.67. The summed E-state index contributed by atoms with van der Waals surface area (Å²) in [4.78, 5) is 13.1. The average Bonchev–Trinajstić information content (AvgIpc) is 3.25. The number of aromatic nitrogens is 2. The number of rotatable bonds is 5. The van der Waals surface area contributed by atoms with E-state index >= 15 is 0 Å². The van der Waals surface area contributed by atoms with E-state index < -0.39 is 0 Å². The normalized spacial score (nSPS) is 16.2. The van der Waals surface area contributed by atoms with Gasteiger partial charge in [0.1, 0.15) is 23.6 Å². The summed E-state index contributed by atoms with van der Waals surface area (Å²) in [5.74, 6) is 2.02. The Morgan fingerprint density at radius 1 is 1.16 bits per heavy atom. The molecule has 126 valence electrons. The summed E-state index contributed by atoms with van der Waals surface area (Å²) in [6.45, 7) is 2.39. The van der Waals surface area contributed by atoms with Gasteiger partial charge in [0.15, 0.2) is 5.58 Å². The first-order chi connectivity index (χ1) is 12.2. The summed E-state index contributed by atoms with van der Waals surface area (Å²) < 4.78 is 16.7. The Morgan fingerprint density at radius 3 is 2.76 bits per heavy atom. The largest absolute Gasteiger partial charge is 0.495 e. The molecular weight excluding hydrogens is 318 g/mol. The zero-order chi connectivity index (χ0) is 17.2. The first kappa shape index (κ1) is 15.4. The van der Waals surface area contributed by atoms with E-state index in [-0.39, 0.29) is 6.04 Å². The Labute approximate surface area is 144 Å². The second kappa shape index (κ2) is 6.39. The number of ether oxygens (including phenoxy) is 2. The number of fused-ring (bicyclic) bond motifs is 1. The van der Waals surface area contributed by atoms with Crippen molar-refractivity contribution in [1.29, 1.82) is 0 Å². The van der Waals surface area contributed by atoms with E-state index in [0.29, 0.717) is 18.2 Å². The van der Waals surface area contributed by atoms with Gasteiger partial charge in [-0.1, -0.05) is 0 Å². The zero-order valence-corrected chi connectivity index (χ0v) is 14.0. The van der Waals surface area contributed by atoms with Crippen LogP contribution in [-0.2, 0) is 6.61 Å². The number of hydrogen-bond donors (Lipinski definition) is 0. The molecule has 0 radical (unpaired) electrons. The van der Waals surface area contributed by atoms with Crippen LogP contribution in [0, 0.1) is 0 Å². The van der Waals surface area contributed by atoms with Crippen LogP contribution in [0.4, 0.5) is 0 Å². The van der Waals surface area contributed by atoms with Crippen LogP contribution in [0.2, 0.25) is 0 Å². The highest BCUT2D eigenvalue weighted by molar-refractivity contribution is 6.10. The lowest BCUT2D eigenvalue weighted by Crippen LogP contribution is -1.98. The van der Waals surface area contributed by atoms with Gasteiger partial charge < -0.3 is 13.9 Å². The molecule has 1 aliphatic heterocycles. The highest BCUT2D eigenvalue weighted by Gasteiger charge is 2.14. The zero-order valence-electron chi connectivity index (χ0n) is 14.0. The highest BCUT2D eigenvalue weighted by atomic mass is 16.5. The van der Waals surface area contributed by atoms with E-state index in [9.17, 15) is 0 Å². The maximum Gasteiger partial charge on any atom is 0.228 e. The molecule has 1 aromatic carbocycles. The maximum absolute atomic E-state index is 5.80. The summed E-state index contributed by atoms with van der Waals surface area (Å²) in [5.41, 5.74) is 3.21. The van der Waals surface area contributed by atoms with Crippen LogP contribution in [0.15, 0.2) is 52.0 Å². The van der Waals surface area contributed by atoms with Crippen molar-refractivity contribution in [3.05, 3.63) is 54.2 Å². The highest BCUT2D eigenvalue weighted by Crippen LogP contribution is 2.26. The summed E-state index contributed by atoms with van der Waals surface area (Å²) in [5, 5.41) is 0. The Morgan fingerprint density at radius 2 is 2.04 bits per heavy atom. The molecule has 0 aliphatic carbocycles. The Kier molecular flexibility index (Phi) is 3.93. The molecule has 1 atom stereocenters. The third-order valence-corrected chi connectivity index (χ3v) is 3.90. The Bertz CT molecular complexity index is 958. The number of oxazole rings is 1. The van der Waals surface area contributed by atoms with Crippen LogP contribution in [0.1, 0.15) is 18.5 Å². The Hall–Kier alpha value is -3.15. The topological polar surface area (TPSA) is 69.7 Å². The van der Waals surface area contributed by atoms with Gasteiger partial charge in [0, 0.05) is 12.3 Å². The standard InChI is InChI=1S/C19H17N3O3/c1-12-7-13(9-20-12)19-22-17-8-15(5-6-18(17)25-19)24-11-14-3-4-16(23-2)10-21-14/h3-10,12H,11H2,1-2H3. The maximum atomic E-state index is 5.80. The number of hydrogen-bond acceptors (Lipinski definition) is 6. The molecule has 0 spiro atoms. The van der Waals surface area contributed by atoms with Crippen LogP contribution >= 0.6 is 0 Å². The second-order valence-corrected chi connectivity index (χ2v) is 5.77. The summed E-state index contributed by atoms with van der Waals surface area (Å²) >= 11 is 0. The van der Waals surface area contributed by atoms with Gasteiger partial charge in [0.05, 0.1) is 30.6 Å². The third kappa shape index (κ3) is 3.24. The number of pyridine rings is 1. The molecule has 0 bridgehead atoms. The van der Waals surface area contributed by atoms with E-state index in [0.717, 1.165) is 28.1 Å². The van der Waals surface area contributed by atoms with Gasteiger partial charge in [0.2, 0.25) is 5.89 Å². The summed E-state index contributed by atoms with van der Waals surface area (Å²) in [6.07, 6.45) is 5.49.